The van der Waals surface area contributed by atoms with Crippen LogP contribution in [0.3, 0.4) is 0 Å². The summed E-state index contributed by atoms with van der Waals surface area (Å²) < 4.78 is 0. The van der Waals surface area contributed by atoms with Gasteiger partial charge in [-0.25, -0.2) is 0 Å². The van der Waals surface area contributed by atoms with E-state index in [4.69, 9.17) is 5.73 Å². The molecule has 2 nitrogen and oxygen atoms in total. The zero-order valence-corrected chi connectivity index (χ0v) is 11.4. The summed E-state index contributed by atoms with van der Waals surface area (Å²) in [5.41, 5.74) is 9.41. The molecule has 1 atom stereocenters. The zero-order valence-electron chi connectivity index (χ0n) is 11.4. The maximum absolute atomic E-state index is 10.6. The number of nitrogens with two attached hydrogens (primary N) is 1. The average molecular weight is 263 g/mol. The van der Waals surface area contributed by atoms with Gasteiger partial charge in [0.25, 0.3) is 0 Å². The van der Waals surface area contributed by atoms with Crippen LogP contribution in [-0.4, -0.2) is 5.11 Å². The molecule has 3 N–H and O–H groups in total. The van der Waals surface area contributed by atoms with Crippen molar-refractivity contribution >= 4 is 16.5 Å². The molecule has 0 aromatic heterocycles. The lowest BCUT2D eigenvalue weighted by atomic mass is 9.95. The number of rotatable bonds is 2. The van der Waals surface area contributed by atoms with Gasteiger partial charge in [0.05, 0.1) is 0 Å². The van der Waals surface area contributed by atoms with Crippen LogP contribution < -0.4 is 5.73 Å². The molecular formula is C18H17NO. The summed E-state index contributed by atoms with van der Waals surface area (Å²) in [4.78, 5) is 0. The molecule has 0 saturated heterocycles. The van der Waals surface area contributed by atoms with Crippen LogP contribution >= 0.6 is 0 Å². The second kappa shape index (κ2) is 4.99. The Kier molecular flexibility index (Phi) is 3.17. The van der Waals surface area contributed by atoms with Gasteiger partial charge in [0.15, 0.2) is 0 Å². The van der Waals surface area contributed by atoms with E-state index in [1.54, 1.807) is 0 Å². The van der Waals surface area contributed by atoms with E-state index in [0.29, 0.717) is 5.69 Å². The molecule has 0 aliphatic carbocycles. The highest BCUT2D eigenvalue weighted by atomic mass is 16.3. The van der Waals surface area contributed by atoms with E-state index in [1.807, 2.05) is 55.5 Å². The second-order valence-corrected chi connectivity index (χ2v) is 5.09. The van der Waals surface area contributed by atoms with Crippen molar-refractivity contribution in [3.8, 4) is 0 Å². The highest BCUT2D eigenvalue weighted by Crippen LogP contribution is 2.30. The van der Waals surface area contributed by atoms with Crippen molar-refractivity contribution in [2.45, 2.75) is 13.0 Å². The van der Waals surface area contributed by atoms with Gasteiger partial charge >= 0.3 is 0 Å². The molecule has 0 bridgehead atoms. The van der Waals surface area contributed by atoms with Crippen molar-refractivity contribution in [1.82, 2.24) is 0 Å². The zero-order chi connectivity index (χ0) is 14.1. The third-order valence-corrected chi connectivity index (χ3v) is 3.74. The number of fused-ring (bicyclic) bond motifs is 1. The fourth-order valence-corrected chi connectivity index (χ4v) is 2.50. The summed E-state index contributed by atoms with van der Waals surface area (Å²) in [6, 6.07) is 19.8. The first-order chi connectivity index (χ1) is 9.66. The SMILES string of the molecule is Cc1ccc([C@H](O)c2cccc3ccccc23)cc1N. The Morgan fingerprint density at radius 2 is 1.70 bits per heavy atom. The van der Waals surface area contributed by atoms with Crippen molar-refractivity contribution in [2.75, 3.05) is 5.73 Å². The number of aliphatic hydroxyl groups is 1. The predicted octanol–water partition coefficient (Wildman–Crippen LogP) is 3.81. The normalized spacial score (nSPS) is 12.5. The molecule has 20 heavy (non-hydrogen) atoms. The maximum atomic E-state index is 10.6. The van der Waals surface area contributed by atoms with Gasteiger partial charge in [0.1, 0.15) is 6.10 Å². The van der Waals surface area contributed by atoms with Crippen LogP contribution in [0.4, 0.5) is 5.69 Å². The van der Waals surface area contributed by atoms with Gasteiger partial charge in [-0.1, -0.05) is 54.6 Å². The molecule has 3 rings (SSSR count). The van der Waals surface area contributed by atoms with Gasteiger partial charge in [-0.2, -0.15) is 0 Å². The number of hydrogen-bond donors (Lipinski definition) is 2. The van der Waals surface area contributed by atoms with Crippen molar-refractivity contribution < 1.29 is 5.11 Å². The van der Waals surface area contributed by atoms with Gasteiger partial charge in [-0.05, 0) is 40.5 Å². The first-order valence-corrected chi connectivity index (χ1v) is 6.68. The summed E-state index contributed by atoms with van der Waals surface area (Å²) in [6.07, 6.45) is -0.663. The van der Waals surface area contributed by atoms with E-state index in [-0.39, 0.29) is 0 Å². The molecule has 3 aromatic carbocycles. The van der Waals surface area contributed by atoms with E-state index in [1.165, 1.54) is 0 Å². The van der Waals surface area contributed by atoms with Crippen LogP contribution in [0.2, 0.25) is 0 Å². The molecule has 0 unspecified atom stereocenters. The Bertz CT molecular complexity index is 759. The molecule has 100 valence electrons. The van der Waals surface area contributed by atoms with E-state index < -0.39 is 6.10 Å². The van der Waals surface area contributed by atoms with Gasteiger partial charge in [-0.15, -0.1) is 0 Å². The molecule has 0 spiro atoms. The van der Waals surface area contributed by atoms with Crippen LogP contribution in [-0.2, 0) is 0 Å². The quantitative estimate of drug-likeness (QED) is 0.691. The van der Waals surface area contributed by atoms with E-state index in [0.717, 1.165) is 27.5 Å². The molecule has 0 heterocycles. The molecule has 0 aliphatic rings. The Balaban J connectivity index is 2.12. The predicted molar refractivity (Wildman–Crippen MR) is 83.6 cm³/mol. The first kappa shape index (κ1) is 12.7. The summed E-state index contributed by atoms with van der Waals surface area (Å²) in [5, 5.41) is 12.8. The lowest BCUT2D eigenvalue weighted by Gasteiger charge is -2.15. The lowest BCUT2D eigenvalue weighted by molar-refractivity contribution is 0.222. The fraction of sp³-hybridized carbons (Fsp3) is 0.111. The lowest BCUT2D eigenvalue weighted by Crippen LogP contribution is -2.02. The Hall–Kier alpha value is -2.32. The monoisotopic (exact) mass is 263 g/mol. The van der Waals surface area contributed by atoms with Crippen LogP contribution in [0, 0.1) is 6.92 Å². The molecule has 2 heteroatoms. The first-order valence-electron chi connectivity index (χ1n) is 6.68. The number of aliphatic hydroxyl groups excluding tert-OH is 1. The second-order valence-electron chi connectivity index (χ2n) is 5.09. The molecule has 0 amide bonds. The highest BCUT2D eigenvalue weighted by Gasteiger charge is 2.13. The summed E-state index contributed by atoms with van der Waals surface area (Å²) >= 11 is 0. The van der Waals surface area contributed by atoms with Crippen molar-refractivity contribution in [3.05, 3.63) is 77.4 Å². The molecule has 0 radical (unpaired) electrons. The van der Waals surface area contributed by atoms with E-state index in [9.17, 15) is 5.11 Å². The minimum atomic E-state index is -0.663. The number of nitrogen functional groups attached to an aromatic ring is 1. The number of hydrogen-bond acceptors (Lipinski definition) is 2. The van der Waals surface area contributed by atoms with Crippen molar-refractivity contribution in [1.29, 1.82) is 0 Å². The number of benzene rings is 3. The number of anilines is 1. The van der Waals surface area contributed by atoms with E-state index >= 15 is 0 Å². The van der Waals surface area contributed by atoms with Crippen LogP contribution in [0.25, 0.3) is 10.8 Å². The third kappa shape index (κ3) is 2.15. The minimum absolute atomic E-state index is 0.663. The Morgan fingerprint density at radius 1 is 0.950 bits per heavy atom. The van der Waals surface area contributed by atoms with Gasteiger partial charge in [-0.3, -0.25) is 0 Å². The molecule has 0 aliphatic heterocycles. The highest BCUT2D eigenvalue weighted by molar-refractivity contribution is 5.86. The van der Waals surface area contributed by atoms with Crippen LogP contribution in [0.5, 0.6) is 0 Å². The fourth-order valence-electron chi connectivity index (χ4n) is 2.50. The topological polar surface area (TPSA) is 46.2 Å². The van der Waals surface area contributed by atoms with E-state index in [2.05, 4.69) is 12.1 Å². The van der Waals surface area contributed by atoms with Gasteiger partial charge in [0.2, 0.25) is 0 Å². The number of aryl methyl sites for hydroxylation is 1. The minimum Gasteiger partial charge on any atom is -0.399 e. The smallest absolute Gasteiger partial charge is 0.105 e. The molecule has 3 aromatic rings. The van der Waals surface area contributed by atoms with Crippen LogP contribution in [0.15, 0.2) is 60.7 Å². The van der Waals surface area contributed by atoms with Gasteiger partial charge in [0, 0.05) is 5.69 Å². The third-order valence-electron chi connectivity index (χ3n) is 3.74. The van der Waals surface area contributed by atoms with Crippen molar-refractivity contribution in [3.63, 3.8) is 0 Å². The summed E-state index contributed by atoms with van der Waals surface area (Å²) in [7, 11) is 0. The Labute approximate surface area is 118 Å². The molecular weight excluding hydrogens is 246 g/mol. The summed E-state index contributed by atoms with van der Waals surface area (Å²) in [6.45, 7) is 1.96. The largest absolute Gasteiger partial charge is 0.399 e. The average Bonchev–Trinajstić information content (AvgIpc) is 2.49. The maximum Gasteiger partial charge on any atom is 0.105 e. The Morgan fingerprint density at radius 3 is 2.50 bits per heavy atom. The van der Waals surface area contributed by atoms with Crippen molar-refractivity contribution in [2.24, 2.45) is 0 Å². The molecule has 0 saturated carbocycles. The summed E-state index contributed by atoms with van der Waals surface area (Å²) in [5.74, 6) is 0. The standard InChI is InChI=1S/C18H17NO/c1-12-9-10-14(11-17(12)19)18(20)16-8-4-6-13-5-2-3-7-15(13)16/h2-11,18,20H,19H2,1H3/t18-/m0/s1. The molecule has 0 fully saturated rings. The van der Waals surface area contributed by atoms with Gasteiger partial charge < -0.3 is 10.8 Å². The van der Waals surface area contributed by atoms with Crippen LogP contribution in [0.1, 0.15) is 22.8 Å².